The summed E-state index contributed by atoms with van der Waals surface area (Å²) in [7, 11) is 0. The van der Waals surface area contributed by atoms with E-state index in [-0.39, 0.29) is 10.8 Å². The number of aryl methyl sites for hydroxylation is 1. The molecule has 20 heavy (non-hydrogen) atoms. The fraction of sp³-hybridized carbons (Fsp3) is 0.684. The number of hydrogen-bond acceptors (Lipinski definition) is 1. The summed E-state index contributed by atoms with van der Waals surface area (Å²) in [6, 6.07) is 4.18. The van der Waals surface area contributed by atoms with Gasteiger partial charge in [0.05, 0.1) is 0 Å². The molecule has 0 saturated heterocycles. The van der Waals surface area contributed by atoms with Crippen LogP contribution in [0.4, 0.5) is 0 Å². The zero-order valence-electron chi connectivity index (χ0n) is 15.2. The van der Waals surface area contributed by atoms with Gasteiger partial charge in [-0.25, -0.2) is 0 Å². The number of hydrogen-bond donors (Lipinski definition) is 1. The van der Waals surface area contributed by atoms with Gasteiger partial charge in [0.2, 0.25) is 0 Å². The smallest absolute Gasteiger partial charge is 0.123 e. The molecule has 0 aliphatic rings. The maximum atomic E-state index is 10.4. The Morgan fingerprint density at radius 2 is 1.05 bits per heavy atom. The Bertz CT molecular complexity index is 390. The van der Waals surface area contributed by atoms with E-state index in [1.165, 1.54) is 5.56 Å². The highest BCUT2D eigenvalue weighted by Crippen LogP contribution is 2.39. The van der Waals surface area contributed by atoms with Crippen LogP contribution in [0.25, 0.3) is 0 Å². The Balaban J connectivity index is 0.000000796. The van der Waals surface area contributed by atoms with Crippen LogP contribution in [-0.4, -0.2) is 5.11 Å². The molecule has 0 fully saturated rings. The molecule has 0 atom stereocenters. The first-order valence-electron chi connectivity index (χ1n) is 7.61. The number of phenolic OH excluding ortho intramolecular Hbond substituents is 1. The van der Waals surface area contributed by atoms with Gasteiger partial charge < -0.3 is 5.11 Å². The van der Waals surface area contributed by atoms with Gasteiger partial charge in [0.15, 0.2) is 0 Å². The van der Waals surface area contributed by atoms with Crippen LogP contribution in [0.5, 0.6) is 5.75 Å². The average Bonchev–Trinajstić information content (AvgIpc) is 2.16. The van der Waals surface area contributed by atoms with Crippen molar-refractivity contribution in [2.75, 3.05) is 0 Å². The summed E-state index contributed by atoms with van der Waals surface area (Å²) in [5.74, 6) is 1.30. The van der Waals surface area contributed by atoms with E-state index in [0.717, 1.165) is 17.0 Å². The summed E-state index contributed by atoms with van der Waals surface area (Å²) >= 11 is 0. The Kier molecular flexibility index (Phi) is 6.32. The van der Waals surface area contributed by atoms with E-state index in [1.807, 2.05) is 0 Å². The van der Waals surface area contributed by atoms with Gasteiger partial charge in [-0.05, 0) is 34.8 Å². The Hall–Kier alpha value is -0.980. The lowest BCUT2D eigenvalue weighted by Gasteiger charge is -2.27. The van der Waals surface area contributed by atoms with E-state index in [2.05, 4.69) is 81.4 Å². The van der Waals surface area contributed by atoms with Gasteiger partial charge in [-0.1, -0.05) is 80.0 Å². The normalized spacial score (nSPS) is 12.2. The predicted octanol–water partition coefficient (Wildman–Crippen LogP) is 5.96. The Labute approximate surface area is 126 Å². The van der Waals surface area contributed by atoms with Gasteiger partial charge in [-0.15, -0.1) is 0 Å². The molecule has 1 aromatic carbocycles. The molecule has 0 unspecified atom stereocenters. The summed E-state index contributed by atoms with van der Waals surface area (Å²) in [6.45, 7) is 21.4. The molecule has 0 aromatic heterocycles. The molecule has 0 spiro atoms. The first kappa shape index (κ1) is 19.0. The van der Waals surface area contributed by atoms with E-state index in [1.54, 1.807) is 0 Å². The van der Waals surface area contributed by atoms with Gasteiger partial charge in [0, 0.05) is 0 Å². The molecule has 1 rings (SSSR count). The highest BCUT2D eigenvalue weighted by molar-refractivity contribution is 5.49. The summed E-state index contributed by atoms with van der Waals surface area (Å²) in [4.78, 5) is 0. The summed E-state index contributed by atoms with van der Waals surface area (Å²) in [5, 5.41) is 10.4. The van der Waals surface area contributed by atoms with Gasteiger partial charge >= 0.3 is 0 Å². The van der Waals surface area contributed by atoms with Crippen LogP contribution in [0, 0.1) is 12.8 Å². The van der Waals surface area contributed by atoms with E-state index in [4.69, 9.17) is 0 Å². The van der Waals surface area contributed by atoms with Crippen LogP contribution < -0.4 is 0 Å². The molecule has 1 aromatic rings. The standard InChI is InChI=1S/C15H24O.C4H10/c1-10-8-11(14(2,3)4)13(16)12(9-10)15(5,6)7;1-4(2)3/h8-9,16H,1-7H3;4H,1-3H3. The maximum Gasteiger partial charge on any atom is 0.123 e. The van der Waals surface area contributed by atoms with Crippen LogP contribution in [0.3, 0.4) is 0 Å². The van der Waals surface area contributed by atoms with Crippen LogP contribution in [0.2, 0.25) is 0 Å². The zero-order chi connectivity index (χ0) is 16.3. The first-order valence-corrected chi connectivity index (χ1v) is 7.61. The van der Waals surface area contributed by atoms with Crippen LogP contribution in [0.15, 0.2) is 12.1 Å². The van der Waals surface area contributed by atoms with Crippen molar-refractivity contribution in [2.45, 2.75) is 80.1 Å². The van der Waals surface area contributed by atoms with Gasteiger partial charge in [-0.3, -0.25) is 0 Å². The lowest BCUT2D eigenvalue weighted by molar-refractivity contribution is 0.423. The van der Waals surface area contributed by atoms with E-state index >= 15 is 0 Å². The van der Waals surface area contributed by atoms with Crippen molar-refractivity contribution in [3.8, 4) is 5.75 Å². The fourth-order valence-corrected chi connectivity index (χ4v) is 1.92. The van der Waals surface area contributed by atoms with Gasteiger partial charge in [0.25, 0.3) is 0 Å². The third-order valence-electron chi connectivity index (χ3n) is 2.87. The topological polar surface area (TPSA) is 20.2 Å². The molecule has 0 saturated carbocycles. The van der Waals surface area contributed by atoms with E-state index in [9.17, 15) is 5.11 Å². The van der Waals surface area contributed by atoms with Crippen LogP contribution >= 0.6 is 0 Å². The molecular weight excluding hydrogens is 244 g/mol. The predicted molar refractivity (Wildman–Crippen MR) is 90.8 cm³/mol. The highest BCUT2D eigenvalue weighted by Gasteiger charge is 2.25. The molecule has 0 bridgehead atoms. The molecule has 0 aliphatic heterocycles. The van der Waals surface area contributed by atoms with Crippen LogP contribution in [-0.2, 0) is 10.8 Å². The second-order valence-electron chi connectivity index (χ2n) is 8.44. The Morgan fingerprint density at radius 1 is 0.800 bits per heavy atom. The average molecular weight is 278 g/mol. The molecule has 0 aliphatic carbocycles. The third-order valence-corrected chi connectivity index (χ3v) is 2.87. The van der Waals surface area contributed by atoms with Gasteiger partial charge in [-0.2, -0.15) is 0 Å². The summed E-state index contributed by atoms with van der Waals surface area (Å²) in [6.07, 6.45) is 0. The maximum absolute atomic E-state index is 10.4. The van der Waals surface area contributed by atoms with Gasteiger partial charge in [0.1, 0.15) is 5.75 Å². The SMILES string of the molecule is CC(C)C.Cc1cc(C(C)(C)C)c(O)c(C(C)(C)C)c1. The van der Waals surface area contributed by atoms with Crippen molar-refractivity contribution in [3.05, 3.63) is 28.8 Å². The first-order chi connectivity index (χ1) is 8.76. The second kappa shape index (κ2) is 6.65. The molecular formula is C19H34O. The highest BCUT2D eigenvalue weighted by atomic mass is 16.3. The van der Waals surface area contributed by atoms with Crippen molar-refractivity contribution >= 4 is 0 Å². The second-order valence-corrected chi connectivity index (χ2v) is 8.44. The van der Waals surface area contributed by atoms with E-state index in [0.29, 0.717) is 5.75 Å². The quantitative estimate of drug-likeness (QED) is 0.621. The lowest BCUT2D eigenvalue weighted by Crippen LogP contribution is -2.17. The molecule has 0 heterocycles. The summed E-state index contributed by atoms with van der Waals surface area (Å²) < 4.78 is 0. The molecule has 1 nitrogen and oxygen atoms in total. The molecule has 1 N–H and O–H groups in total. The van der Waals surface area contributed by atoms with Crippen molar-refractivity contribution in [3.63, 3.8) is 0 Å². The largest absolute Gasteiger partial charge is 0.507 e. The number of rotatable bonds is 0. The zero-order valence-corrected chi connectivity index (χ0v) is 15.2. The lowest BCUT2D eigenvalue weighted by atomic mass is 9.78. The summed E-state index contributed by atoms with van der Waals surface area (Å²) in [5.41, 5.74) is 3.26. The fourth-order valence-electron chi connectivity index (χ4n) is 1.92. The number of aromatic hydroxyl groups is 1. The van der Waals surface area contributed by atoms with Crippen molar-refractivity contribution in [1.82, 2.24) is 0 Å². The monoisotopic (exact) mass is 278 g/mol. The minimum atomic E-state index is -0.0178. The van der Waals surface area contributed by atoms with Crippen molar-refractivity contribution in [2.24, 2.45) is 5.92 Å². The molecule has 0 amide bonds. The molecule has 1 heteroatoms. The number of benzene rings is 1. The minimum Gasteiger partial charge on any atom is -0.507 e. The Morgan fingerprint density at radius 3 is 1.25 bits per heavy atom. The third kappa shape index (κ3) is 5.98. The van der Waals surface area contributed by atoms with Crippen molar-refractivity contribution in [1.29, 1.82) is 0 Å². The van der Waals surface area contributed by atoms with E-state index < -0.39 is 0 Å². The molecule has 116 valence electrons. The minimum absolute atomic E-state index is 0.0178. The molecule has 0 radical (unpaired) electrons. The van der Waals surface area contributed by atoms with Crippen molar-refractivity contribution < 1.29 is 5.11 Å². The number of phenols is 1. The van der Waals surface area contributed by atoms with Crippen LogP contribution in [0.1, 0.15) is 79.0 Å².